The zero-order valence-corrected chi connectivity index (χ0v) is 11.1. The molecule has 0 radical (unpaired) electrons. The largest absolute Gasteiger partial charge is 0.497 e. The van der Waals surface area contributed by atoms with Crippen LogP contribution in [0.3, 0.4) is 0 Å². The Morgan fingerprint density at radius 1 is 1.29 bits per heavy atom. The van der Waals surface area contributed by atoms with Crippen LogP contribution in [0.5, 0.6) is 5.75 Å². The van der Waals surface area contributed by atoms with Crippen molar-refractivity contribution < 1.29 is 13.2 Å². The van der Waals surface area contributed by atoms with Gasteiger partial charge in [0, 0.05) is 13.1 Å². The first-order valence-electron chi connectivity index (χ1n) is 5.30. The van der Waals surface area contributed by atoms with Crippen LogP contribution in [-0.2, 0) is 10.0 Å². The summed E-state index contributed by atoms with van der Waals surface area (Å²) in [5, 5.41) is 2.88. The van der Waals surface area contributed by atoms with Gasteiger partial charge in [0.05, 0.1) is 12.0 Å². The van der Waals surface area contributed by atoms with E-state index in [4.69, 9.17) is 4.74 Å². The maximum Gasteiger partial charge on any atom is 0.240 e. The molecule has 6 heteroatoms. The van der Waals surface area contributed by atoms with Crippen molar-refractivity contribution in [3.63, 3.8) is 0 Å². The van der Waals surface area contributed by atoms with Crippen molar-refractivity contribution in [2.75, 3.05) is 27.2 Å². The number of nitrogens with one attached hydrogen (secondary N) is 2. The number of ether oxygens (including phenoxy) is 1. The predicted octanol–water partition coefficient (Wildman–Crippen LogP) is 0.501. The van der Waals surface area contributed by atoms with E-state index in [9.17, 15) is 8.42 Å². The lowest BCUT2D eigenvalue weighted by Gasteiger charge is -2.10. The summed E-state index contributed by atoms with van der Waals surface area (Å²) in [6.45, 7) is 2.70. The van der Waals surface area contributed by atoms with E-state index in [1.807, 2.05) is 0 Å². The minimum Gasteiger partial charge on any atom is -0.497 e. The molecule has 17 heavy (non-hydrogen) atoms. The molecule has 2 N–H and O–H groups in total. The van der Waals surface area contributed by atoms with Gasteiger partial charge in [-0.05, 0) is 37.7 Å². The third-order valence-electron chi connectivity index (χ3n) is 2.34. The summed E-state index contributed by atoms with van der Waals surface area (Å²) in [5.41, 5.74) is 0.668. The van der Waals surface area contributed by atoms with Gasteiger partial charge in [-0.15, -0.1) is 0 Å². The number of likely N-dealkylation sites (N-methyl/N-ethyl adjacent to an activating group) is 1. The van der Waals surface area contributed by atoms with Crippen molar-refractivity contribution in [1.82, 2.24) is 10.0 Å². The van der Waals surface area contributed by atoms with E-state index in [1.165, 1.54) is 0 Å². The van der Waals surface area contributed by atoms with Gasteiger partial charge in [-0.1, -0.05) is 0 Å². The topological polar surface area (TPSA) is 67.4 Å². The molecule has 96 valence electrons. The number of aryl methyl sites for hydroxylation is 1. The standard InChI is InChI=1S/C11H18N2O3S/c1-9-8-10(16-3)4-5-11(9)17(14,15)13-7-6-12-2/h4-5,8,12-13H,6-7H2,1-3H3. The molecule has 0 unspecified atom stereocenters. The second-order valence-electron chi connectivity index (χ2n) is 3.63. The molecule has 1 aromatic carbocycles. The third kappa shape index (κ3) is 3.69. The highest BCUT2D eigenvalue weighted by molar-refractivity contribution is 7.89. The van der Waals surface area contributed by atoms with Gasteiger partial charge >= 0.3 is 0 Å². The lowest BCUT2D eigenvalue weighted by atomic mass is 10.2. The van der Waals surface area contributed by atoms with Gasteiger partial charge in [0.1, 0.15) is 5.75 Å². The zero-order chi connectivity index (χ0) is 12.9. The summed E-state index contributed by atoms with van der Waals surface area (Å²) >= 11 is 0. The Bertz CT molecular complexity index is 472. The molecule has 0 saturated heterocycles. The van der Waals surface area contributed by atoms with E-state index in [2.05, 4.69) is 10.0 Å². The van der Waals surface area contributed by atoms with Crippen molar-refractivity contribution >= 4 is 10.0 Å². The summed E-state index contributed by atoms with van der Waals surface area (Å²) < 4.78 is 31.5. The summed E-state index contributed by atoms with van der Waals surface area (Å²) in [7, 11) is -0.113. The number of rotatable bonds is 6. The van der Waals surface area contributed by atoms with Gasteiger partial charge < -0.3 is 10.1 Å². The molecule has 5 nitrogen and oxygen atoms in total. The Hall–Kier alpha value is -1.11. The van der Waals surface area contributed by atoms with Crippen molar-refractivity contribution in [1.29, 1.82) is 0 Å². The summed E-state index contributed by atoms with van der Waals surface area (Å²) in [6.07, 6.45) is 0. The van der Waals surface area contributed by atoms with Crippen LogP contribution in [0.25, 0.3) is 0 Å². The lowest BCUT2D eigenvalue weighted by Crippen LogP contribution is -2.30. The molecular formula is C11H18N2O3S. The second-order valence-corrected chi connectivity index (χ2v) is 5.37. The predicted molar refractivity (Wildman–Crippen MR) is 66.8 cm³/mol. The molecule has 0 heterocycles. The number of hydrogen-bond donors (Lipinski definition) is 2. The van der Waals surface area contributed by atoms with Crippen LogP contribution < -0.4 is 14.8 Å². The van der Waals surface area contributed by atoms with E-state index in [0.717, 1.165) is 0 Å². The fourth-order valence-electron chi connectivity index (χ4n) is 1.44. The van der Waals surface area contributed by atoms with Crippen LogP contribution in [0.4, 0.5) is 0 Å². The normalized spacial score (nSPS) is 11.5. The lowest BCUT2D eigenvalue weighted by molar-refractivity contribution is 0.414. The van der Waals surface area contributed by atoms with Crippen molar-refractivity contribution in [3.8, 4) is 5.75 Å². The van der Waals surface area contributed by atoms with Crippen LogP contribution in [0.15, 0.2) is 23.1 Å². The van der Waals surface area contributed by atoms with Gasteiger partial charge in [0.25, 0.3) is 0 Å². The highest BCUT2D eigenvalue weighted by atomic mass is 32.2. The first kappa shape index (κ1) is 14.0. The van der Waals surface area contributed by atoms with Gasteiger partial charge in [0.2, 0.25) is 10.0 Å². The summed E-state index contributed by atoms with van der Waals surface area (Å²) in [4.78, 5) is 0.286. The highest BCUT2D eigenvalue weighted by Gasteiger charge is 2.16. The second kappa shape index (κ2) is 6.00. The molecule has 0 aliphatic heterocycles. The van der Waals surface area contributed by atoms with E-state index in [0.29, 0.717) is 24.4 Å². The Balaban J connectivity index is 2.91. The molecule has 0 spiro atoms. The monoisotopic (exact) mass is 258 g/mol. The van der Waals surface area contributed by atoms with Crippen LogP contribution in [0.2, 0.25) is 0 Å². The number of hydrogen-bond acceptors (Lipinski definition) is 4. The van der Waals surface area contributed by atoms with Gasteiger partial charge in [-0.25, -0.2) is 13.1 Å². The van der Waals surface area contributed by atoms with Crippen LogP contribution in [0, 0.1) is 6.92 Å². The molecule has 1 rings (SSSR count). The average molecular weight is 258 g/mol. The number of benzene rings is 1. The molecule has 1 aromatic rings. The molecular weight excluding hydrogens is 240 g/mol. The highest BCUT2D eigenvalue weighted by Crippen LogP contribution is 2.20. The van der Waals surface area contributed by atoms with Gasteiger partial charge in [0.15, 0.2) is 0 Å². The van der Waals surface area contributed by atoms with Crippen molar-refractivity contribution in [2.45, 2.75) is 11.8 Å². The number of sulfonamides is 1. The maximum atomic E-state index is 11.9. The number of methoxy groups -OCH3 is 1. The molecule has 0 saturated carbocycles. The molecule has 0 fully saturated rings. The average Bonchev–Trinajstić information content (AvgIpc) is 2.28. The minimum absolute atomic E-state index is 0.286. The molecule has 0 aliphatic carbocycles. The van der Waals surface area contributed by atoms with Crippen LogP contribution in [-0.4, -0.2) is 35.7 Å². The molecule has 0 atom stereocenters. The van der Waals surface area contributed by atoms with E-state index in [-0.39, 0.29) is 4.90 Å². The first-order chi connectivity index (χ1) is 8.01. The SMILES string of the molecule is CNCCNS(=O)(=O)c1ccc(OC)cc1C. The molecule has 0 aromatic heterocycles. The fourth-order valence-corrected chi connectivity index (χ4v) is 2.69. The maximum absolute atomic E-state index is 11.9. The molecule has 0 bridgehead atoms. The van der Waals surface area contributed by atoms with Crippen molar-refractivity contribution in [2.24, 2.45) is 0 Å². The Morgan fingerprint density at radius 3 is 2.53 bits per heavy atom. The first-order valence-corrected chi connectivity index (χ1v) is 6.78. The quantitative estimate of drug-likeness (QED) is 0.729. The Kier molecular flexibility index (Phi) is 4.92. The fraction of sp³-hybridized carbons (Fsp3) is 0.455. The van der Waals surface area contributed by atoms with Crippen LogP contribution in [0.1, 0.15) is 5.56 Å². The van der Waals surface area contributed by atoms with E-state index >= 15 is 0 Å². The minimum atomic E-state index is -3.43. The van der Waals surface area contributed by atoms with Gasteiger partial charge in [-0.2, -0.15) is 0 Å². The van der Waals surface area contributed by atoms with Crippen molar-refractivity contribution in [3.05, 3.63) is 23.8 Å². The summed E-state index contributed by atoms with van der Waals surface area (Å²) in [6, 6.07) is 4.89. The van der Waals surface area contributed by atoms with Crippen LogP contribution >= 0.6 is 0 Å². The Labute approximate surface area is 102 Å². The molecule has 0 aliphatic rings. The van der Waals surface area contributed by atoms with E-state index < -0.39 is 10.0 Å². The smallest absolute Gasteiger partial charge is 0.240 e. The third-order valence-corrected chi connectivity index (χ3v) is 3.96. The zero-order valence-electron chi connectivity index (χ0n) is 10.3. The van der Waals surface area contributed by atoms with Gasteiger partial charge in [-0.3, -0.25) is 0 Å². The Morgan fingerprint density at radius 2 is 2.00 bits per heavy atom. The summed E-state index contributed by atoms with van der Waals surface area (Å²) in [5.74, 6) is 0.650. The van der Waals surface area contributed by atoms with E-state index in [1.54, 1.807) is 39.3 Å². The molecule has 0 amide bonds.